The highest BCUT2D eigenvalue weighted by molar-refractivity contribution is 6.35. The van der Waals surface area contributed by atoms with E-state index in [1.165, 1.54) is 11.0 Å². The SMILES string of the molecule is Cn1nc(N2C(=O)c3ccccc3C2=O)c2ccc(C3=C(F)N=C([C@@H]4[C@H]5C[C@H]5c5cc(-c6cc(Cl)ccc6-n6cnnn6)cc(=O)n54)C3)cc21. The first-order chi connectivity index (χ1) is 24.3. The summed E-state index contributed by atoms with van der Waals surface area (Å²) in [6.45, 7) is 0. The van der Waals surface area contributed by atoms with Gasteiger partial charge in [0.05, 0.1) is 28.4 Å². The number of halogens is 2. The number of amides is 2. The maximum absolute atomic E-state index is 15.8. The molecule has 6 heterocycles. The number of allylic oxidation sites excluding steroid dienone is 1. The van der Waals surface area contributed by atoms with Crippen LogP contribution in [0, 0.1) is 5.92 Å². The molecule has 6 aromatic rings. The quantitative estimate of drug-likeness (QED) is 0.169. The number of aliphatic imine (C=N–C) groups is 1. The second kappa shape index (κ2) is 10.2. The lowest BCUT2D eigenvalue weighted by molar-refractivity contribution is 0.0925. The second-order valence-corrected chi connectivity index (χ2v) is 13.4. The number of aromatic nitrogens is 7. The van der Waals surface area contributed by atoms with Crippen molar-refractivity contribution in [2.45, 2.75) is 24.8 Å². The van der Waals surface area contributed by atoms with Gasteiger partial charge in [-0.2, -0.15) is 14.2 Å². The smallest absolute Gasteiger partial charge is 0.267 e. The maximum Gasteiger partial charge on any atom is 0.267 e. The van der Waals surface area contributed by atoms with Gasteiger partial charge in [0.25, 0.3) is 17.4 Å². The first kappa shape index (κ1) is 28.9. The van der Waals surface area contributed by atoms with Gasteiger partial charge in [-0.25, -0.2) is 9.89 Å². The minimum atomic E-state index is -0.595. The normalized spacial score (nSPS) is 20.5. The van der Waals surface area contributed by atoms with Gasteiger partial charge in [-0.1, -0.05) is 29.8 Å². The first-order valence-corrected chi connectivity index (χ1v) is 16.4. The molecule has 1 aliphatic carbocycles. The highest BCUT2D eigenvalue weighted by Gasteiger charge is 2.55. The van der Waals surface area contributed by atoms with Gasteiger partial charge in [0, 0.05) is 58.4 Å². The van der Waals surface area contributed by atoms with Crippen molar-refractivity contribution in [3.8, 4) is 16.8 Å². The average molecular weight is 684 g/mol. The number of anilines is 1. The summed E-state index contributed by atoms with van der Waals surface area (Å²) < 4.78 is 20.6. The topological polar surface area (TPSA) is 133 Å². The van der Waals surface area contributed by atoms with Crippen LogP contribution in [-0.4, -0.2) is 52.1 Å². The van der Waals surface area contributed by atoms with Crippen LogP contribution in [0.1, 0.15) is 56.8 Å². The monoisotopic (exact) mass is 683 g/mol. The molecule has 12 nitrogen and oxygen atoms in total. The molecule has 244 valence electrons. The van der Waals surface area contributed by atoms with Gasteiger partial charge in [0.1, 0.15) is 6.33 Å². The van der Waals surface area contributed by atoms with Crippen LogP contribution in [0.5, 0.6) is 0 Å². The third-order valence-corrected chi connectivity index (χ3v) is 10.5. The summed E-state index contributed by atoms with van der Waals surface area (Å²) >= 11 is 6.38. The Morgan fingerprint density at radius 2 is 1.70 bits per heavy atom. The minimum Gasteiger partial charge on any atom is -0.303 e. The van der Waals surface area contributed by atoms with E-state index >= 15 is 4.39 Å². The van der Waals surface area contributed by atoms with Crippen LogP contribution in [0.3, 0.4) is 0 Å². The molecule has 0 N–H and O–H groups in total. The van der Waals surface area contributed by atoms with Gasteiger partial charge in [-0.15, -0.1) is 5.10 Å². The number of fused-ring (bicyclic) bond motifs is 5. The van der Waals surface area contributed by atoms with Crippen molar-refractivity contribution in [3.05, 3.63) is 123 Å². The summed E-state index contributed by atoms with van der Waals surface area (Å²) in [5.74, 6) is -0.941. The fraction of sp³-hybridized carbons (Fsp3) is 0.167. The van der Waals surface area contributed by atoms with Crippen molar-refractivity contribution >= 4 is 51.4 Å². The zero-order valence-corrected chi connectivity index (χ0v) is 26.9. The van der Waals surface area contributed by atoms with Crippen LogP contribution >= 0.6 is 11.6 Å². The number of carbonyl (C=O) groups is 2. The van der Waals surface area contributed by atoms with Crippen molar-refractivity contribution < 1.29 is 14.0 Å². The lowest BCUT2D eigenvalue weighted by Gasteiger charge is -2.20. The van der Waals surface area contributed by atoms with Crippen molar-refractivity contribution in [1.82, 2.24) is 34.6 Å². The fourth-order valence-electron chi connectivity index (χ4n) is 7.89. The van der Waals surface area contributed by atoms with Crippen molar-refractivity contribution in [1.29, 1.82) is 0 Å². The van der Waals surface area contributed by atoms with Gasteiger partial charge in [-0.3, -0.25) is 19.1 Å². The molecule has 50 heavy (non-hydrogen) atoms. The Bertz CT molecular complexity index is 2610. The third kappa shape index (κ3) is 4.03. The van der Waals surface area contributed by atoms with E-state index in [2.05, 4.69) is 25.6 Å². The molecule has 2 amide bonds. The number of carbonyl (C=O) groups excluding carboxylic acids is 2. The van der Waals surface area contributed by atoms with Gasteiger partial charge in [0.15, 0.2) is 5.82 Å². The minimum absolute atomic E-state index is 0.143. The fourth-order valence-corrected chi connectivity index (χ4v) is 8.07. The van der Waals surface area contributed by atoms with Crippen LogP contribution in [0.15, 0.2) is 94.9 Å². The molecule has 0 radical (unpaired) electrons. The maximum atomic E-state index is 15.8. The lowest BCUT2D eigenvalue weighted by Crippen LogP contribution is -2.30. The largest absolute Gasteiger partial charge is 0.303 e. The molecule has 0 bridgehead atoms. The zero-order valence-electron chi connectivity index (χ0n) is 26.2. The number of hydrogen-bond acceptors (Lipinski definition) is 8. The summed E-state index contributed by atoms with van der Waals surface area (Å²) in [6.07, 6.45) is 2.59. The van der Waals surface area contributed by atoms with E-state index in [1.54, 1.807) is 83.0 Å². The number of hydrogen-bond donors (Lipinski definition) is 0. The molecule has 3 aromatic carbocycles. The zero-order chi connectivity index (χ0) is 34.0. The summed E-state index contributed by atoms with van der Waals surface area (Å²) in [4.78, 5) is 45.7. The molecule has 0 spiro atoms. The standard InChI is InChI=1S/C36H23ClFN9O3/c1-44-29-10-17(6-8-22(29)34(41-44)47-35(49)20-4-2-3-5-21(20)36(47)50)24-15-27(40-33(24)38)32-26-14-25(26)30-11-18(12-31(48)46(30)32)23-13-19(37)7-9-28(23)45-16-39-42-43-45/h2-13,16,25-26,32H,14-15H2,1H3/t25-,26+,32+/m1/s1. The van der Waals surface area contributed by atoms with Crippen LogP contribution in [-0.2, 0) is 7.05 Å². The van der Waals surface area contributed by atoms with Gasteiger partial charge in [-0.05, 0) is 82.4 Å². The van der Waals surface area contributed by atoms with Crippen molar-refractivity contribution in [2.24, 2.45) is 18.0 Å². The summed E-state index contributed by atoms with van der Waals surface area (Å²) in [5.41, 5.74) is 5.69. The molecule has 4 aliphatic rings. The lowest BCUT2D eigenvalue weighted by atomic mass is 9.97. The number of rotatable bonds is 5. The Hall–Kier alpha value is -6.08. The number of aryl methyl sites for hydroxylation is 1. The molecule has 3 aromatic heterocycles. The predicted octanol–water partition coefficient (Wildman–Crippen LogP) is 5.67. The van der Waals surface area contributed by atoms with E-state index in [0.717, 1.165) is 22.6 Å². The summed E-state index contributed by atoms with van der Waals surface area (Å²) in [6, 6.07) is 20.5. The van der Waals surface area contributed by atoms with E-state index in [1.807, 2.05) is 6.07 Å². The Balaban J connectivity index is 0.964. The molecule has 14 heteroatoms. The first-order valence-electron chi connectivity index (χ1n) is 16.0. The van der Waals surface area contributed by atoms with E-state index in [0.29, 0.717) is 55.2 Å². The Labute approximate surface area is 286 Å². The molecule has 3 atom stereocenters. The number of tetrazole rings is 1. The van der Waals surface area contributed by atoms with E-state index in [-0.39, 0.29) is 35.7 Å². The van der Waals surface area contributed by atoms with Crippen molar-refractivity contribution in [2.75, 3.05) is 4.90 Å². The summed E-state index contributed by atoms with van der Waals surface area (Å²) in [5, 5.41) is 17.1. The number of benzene rings is 3. The van der Waals surface area contributed by atoms with Gasteiger partial charge >= 0.3 is 0 Å². The highest BCUT2D eigenvalue weighted by atomic mass is 35.5. The average Bonchev–Trinajstić information content (AvgIpc) is 3.52. The molecule has 1 fully saturated rings. The highest BCUT2D eigenvalue weighted by Crippen LogP contribution is 2.60. The van der Waals surface area contributed by atoms with Gasteiger partial charge in [0.2, 0.25) is 5.95 Å². The van der Waals surface area contributed by atoms with E-state index < -0.39 is 17.8 Å². The molecule has 10 rings (SSSR count). The molecule has 3 aliphatic heterocycles. The van der Waals surface area contributed by atoms with Crippen LogP contribution in [0.4, 0.5) is 10.2 Å². The Morgan fingerprint density at radius 1 is 0.900 bits per heavy atom. The van der Waals surface area contributed by atoms with Crippen LogP contribution < -0.4 is 10.5 Å². The molecule has 0 unspecified atom stereocenters. The Morgan fingerprint density at radius 3 is 2.46 bits per heavy atom. The van der Waals surface area contributed by atoms with Crippen LogP contribution in [0.25, 0.3) is 33.3 Å². The molecule has 1 saturated carbocycles. The summed E-state index contributed by atoms with van der Waals surface area (Å²) in [7, 11) is 1.72. The molecule has 0 saturated heterocycles. The molecular weight excluding hydrogens is 661 g/mol. The Kier molecular flexibility index (Phi) is 5.90. The van der Waals surface area contributed by atoms with Gasteiger partial charge < -0.3 is 4.57 Å². The molecular formula is C36H23ClFN9O3. The number of imide groups is 1. The third-order valence-electron chi connectivity index (χ3n) is 10.2. The van der Waals surface area contributed by atoms with E-state index in [4.69, 9.17) is 11.6 Å². The van der Waals surface area contributed by atoms with Crippen molar-refractivity contribution in [3.63, 3.8) is 0 Å². The van der Waals surface area contributed by atoms with Crippen LogP contribution in [0.2, 0.25) is 5.02 Å². The van der Waals surface area contributed by atoms with E-state index in [9.17, 15) is 14.4 Å². The predicted molar refractivity (Wildman–Crippen MR) is 182 cm³/mol. The number of nitrogens with zero attached hydrogens (tertiary/aromatic N) is 9. The number of pyridine rings is 1. The second-order valence-electron chi connectivity index (χ2n) is 13.0.